The van der Waals surface area contributed by atoms with Gasteiger partial charge in [-0.05, 0) is 18.9 Å². The molecule has 1 aliphatic rings. The van der Waals surface area contributed by atoms with Crippen molar-refractivity contribution in [3.05, 3.63) is 36.7 Å². The molecule has 1 aromatic heterocycles. The van der Waals surface area contributed by atoms with Crippen LogP contribution < -0.4 is 10.1 Å². The van der Waals surface area contributed by atoms with E-state index in [1.165, 1.54) is 43.8 Å². The summed E-state index contributed by atoms with van der Waals surface area (Å²) in [5, 5.41) is 3.28. The topological polar surface area (TPSA) is 47.0 Å². The maximum absolute atomic E-state index is 12.5. The maximum atomic E-state index is 12.5. The molecule has 1 aromatic carbocycles. The van der Waals surface area contributed by atoms with Gasteiger partial charge in [0.05, 0.1) is 0 Å². The smallest absolute Gasteiger partial charge is 0.405 e. The summed E-state index contributed by atoms with van der Waals surface area (Å²) in [6.07, 6.45) is 4.11. The van der Waals surface area contributed by atoms with E-state index >= 15 is 0 Å². The first-order valence-electron chi connectivity index (χ1n) is 7.95. The monoisotopic (exact) mass is 337 g/mol. The van der Waals surface area contributed by atoms with Crippen LogP contribution in [-0.4, -0.2) is 22.4 Å². The molecule has 0 aliphatic heterocycles. The van der Waals surface area contributed by atoms with Gasteiger partial charge in [-0.15, -0.1) is 13.2 Å². The largest absolute Gasteiger partial charge is 0.573 e. The van der Waals surface area contributed by atoms with Crippen LogP contribution in [0, 0.1) is 0 Å². The Bertz CT molecular complexity index is 668. The average Bonchev–Trinajstić information content (AvgIpc) is 2.56. The number of hydrogen-bond acceptors (Lipinski definition) is 4. The Labute approximate surface area is 138 Å². The summed E-state index contributed by atoms with van der Waals surface area (Å²) in [5.41, 5.74) is 0.781. The van der Waals surface area contributed by atoms with Crippen LogP contribution in [0.4, 0.5) is 19.1 Å². The fourth-order valence-corrected chi connectivity index (χ4v) is 2.89. The normalized spacial score (nSPS) is 16.0. The van der Waals surface area contributed by atoms with Crippen LogP contribution >= 0.6 is 0 Å². The molecule has 128 valence electrons. The summed E-state index contributed by atoms with van der Waals surface area (Å²) in [7, 11) is 0. The second-order valence-electron chi connectivity index (χ2n) is 5.82. The standard InChI is InChI=1S/C17H18F3N3O/c18-17(19,20)24-15-9-5-4-8-14(15)12-10-21-16(22-11-12)23-13-6-2-1-3-7-13/h4-5,8-11,13H,1-3,6-7H2,(H,21,22,23). The highest BCUT2D eigenvalue weighted by molar-refractivity contribution is 5.69. The molecule has 0 saturated heterocycles. The number of aromatic nitrogens is 2. The van der Waals surface area contributed by atoms with Gasteiger partial charge >= 0.3 is 6.36 Å². The second kappa shape index (κ2) is 7.07. The van der Waals surface area contributed by atoms with Crippen molar-refractivity contribution in [3.8, 4) is 16.9 Å². The molecule has 4 nitrogen and oxygen atoms in total. The minimum Gasteiger partial charge on any atom is -0.405 e. The highest BCUT2D eigenvalue weighted by atomic mass is 19.4. The summed E-state index contributed by atoms with van der Waals surface area (Å²) in [5.74, 6) is 0.237. The molecule has 0 atom stereocenters. The molecule has 0 radical (unpaired) electrons. The minimum absolute atomic E-state index is 0.262. The number of para-hydroxylation sites is 1. The van der Waals surface area contributed by atoms with Gasteiger partial charge < -0.3 is 10.1 Å². The number of ether oxygens (including phenoxy) is 1. The molecule has 7 heteroatoms. The highest BCUT2D eigenvalue weighted by Gasteiger charge is 2.32. The van der Waals surface area contributed by atoms with E-state index in [-0.39, 0.29) is 5.75 Å². The molecule has 1 N–H and O–H groups in total. The van der Waals surface area contributed by atoms with Crippen LogP contribution in [0.15, 0.2) is 36.7 Å². The maximum Gasteiger partial charge on any atom is 0.573 e. The Morgan fingerprint density at radius 3 is 2.33 bits per heavy atom. The molecule has 0 spiro atoms. The number of benzene rings is 1. The van der Waals surface area contributed by atoms with E-state index in [0.717, 1.165) is 12.8 Å². The highest BCUT2D eigenvalue weighted by Crippen LogP contribution is 2.33. The third-order valence-corrected chi connectivity index (χ3v) is 4.01. The van der Waals surface area contributed by atoms with Crippen LogP contribution in [-0.2, 0) is 0 Å². The number of halogens is 3. The van der Waals surface area contributed by atoms with Gasteiger partial charge in [-0.1, -0.05) is 37.5 Å². The molecule has 0 amide bonds. The number of anilines is 1. The number of alkyl halides is 3. The molecule has 0 unspecified atom stereocenters. The summed E-state index contributed by atoms with van der Waals surface area (Å²) in [6.45, 7) is 0. The van der Waals surface area contributed by atoms with E-state index in [1.54, 1.807) is 12.1 Å². The molecular formula is C17H18F3N3O. The van der Waals surface area contributed by atoms with Crippen LogP contribution in [0.5, 0.6) is 5.75 Å². The van der Waals surface area contributed by atoms with Crippen molar-refractivity contribution in [2.45, 2.75) is 44.5 Å². The average molecular weight is 337 g/mol. The summed E-state index contributed by atoms with van der Waals surface area (Å²) in [6, 6.07) is 6.33. The van der Waals surface area contributed by atoms with Crippen molar-refractivity contribution < 1.29 is 17.9 Å². The van der Waals surface area contributed by atoms with Gasteiger partial charge in [0.25, 0.3) is 0 Å². The second-order valence-corrected chi connectivity index (χ2v) is 5.82. The summed E-state index contributed by atoms with van der Waals surface area (Å²) in [4.78, 5) is 8.46. The molecule has 0 bridgehead atoms. The Hall–Kier alpha value is -2.31. The zero-order chi connectivity index (χ0) is 17.0. The first-order valence-corrected chi connectivity index (χ1v) is 7.95. The Morgan fingerprint density at radius 1 is 1.00 bits per heavy atom. The van der Waals surface area contributed by atoms with Gasteiger partial charge in [-0.2, -0.15) is 0 Å². The van der Waals surface area contributed by atoms with Crippen LogP contribution in [0.3, 0.4) is 0 Å². The number of nitrogens with one attached hydrogen (secondary N) is 1. The van der Waals surface area contributed by atoms with E-state index < -0.39 is 6.36 Å². The third kappa shape index (κ3) is 4.37. The van der Waals surface area contributed by atoms with Crippen molar-refractivity contribution in [3.63, 3.8) is 0 Å². The lowest BCUT2D eigenvalue weighted by atomic mass is 9.96. The SMILES string of the molecule is FC(F)(F)Oc1ccccc1-c1cnc(NC2CCCCC2)nc1. The van der Waals surface area contributed by atoms with Crippen molar-refractivity contribution in [1.29, 1.82) is 0 Å². The van der Waals surface area contributed by atoms with Gasteiger partial charge in [0, 0.05) is 29.6 Å². The molecule has 1 fully saturated rings. The zero-order valence-corrected chi connectivity index (χ0v) is 13.0. The fourth-order valence-electron chi connectivity index (χ4n) is 2.89. The van der Waals surface area contributed by atoms with Gasteiger partial charge in [-0.3, -0.25) is 0 Å². The molecule has 1 saturated carbocycles. The van der Waals surface area contributed by atoms with E-state index in [2.05, 4.69) is 20.0 Å². The lowest BCUT2D eigenvalue weighted by Gasteiger charge is -2.22. The third-order valence-electron chi connectivity index (χ3n) is 4.01. The molecule has 3 rings (SSSR count). The Morgan fingerprint density at radius 2 is 1.67 bits per heavy atom. The quantitative estimate of drug-likeness (QED) is 0.871. The van der Waals surface area contributed by atoms with Crippen molar-refractivity contribution >= 4 is 5.95 Å². The lowest BCUT2D eigenvalue weighted by molar-refractivity contribution is -0.274. The zero-order valence-electron chi connectivity index (χ0n) is 13.0. The predicted octanol–water partition coefficient (Wildman–Crippen LogP) is 4.79. The summed E-state index contributed by atoms with van der Waals surface area (Å²) < 4.78 is 41.6. The molecule has 2 aromatic rings. The Kier molecular flexibility index (Phi) is 4.87. The van der Waals surface area contributed by atoms with Crippen molar-refractivity contribution in [2.24, 2.45) is 0 Å². The molecule has 24 heavy (non-hydrogen) atoms. The van der Waals surface area contributed by atoms with E-state index in [0.29, 0.717) is 23.1 Å². The Balaban J connectivity index is 1.76. The molecular weight excluding hydrogens is 319 g/mol. The fraction of sp³-hybridized carbons (Fsp3) is 0.412. The van der Waals surface area contributed by atoms with Gasteiger partial charge in [-0.25, -0.2) is 9.97 Å². The van der Waals surface area contributed by atoms with Crippen molar-refractivity contribution in [2.75, 3.05) is 5.32 Å². The van der Waals surface area contributed by atoms with Gasteiger partial charge in [0.2, 0.25) is 5.95 Å². The van der Waals surface area contributed by atoms with E-state index in [4.69, 9.17) is 0 Å². The van der Waals surface area contributed by atoms with Crippen LogP contribution in [0.25, 0.3) is 11.1 Å². The number of nitrogens with zero attached hydrogens (tertiary/aromatic N) is 2. The van der Waals surface area contributed by atoms with Crippen LogP contribution in [0.2, 0.25) is 0 Å². The lowest BCUT2D eigenvalue weighted by Crippen LogP contribution is -2.23. The van der Waals surface area contributed by atoms with E-state index in [1.807, 2.05) is 0 Å². The van der Waals surface area contributed by atoms with E-state index in [9.17, 15) is 13.2 Å². The van der Waals surface area contributed by atoms with Crippen LogP contribution in [0.1, 0.15) is 32.1 Å². The first-order chi connectivity index (χ1) is 11.5. The first kappa shape index (κ1) is 16.5. The molecule has 1 heterocycles. The number of rotatable bonds is 4. The van der Waals surface area contributed by atoms with Gasteiger partial charge in [0.1, 0.15) is 5.75 Å². The van der Waals surface area contributed by atoms with Crippen molar-refractivity contribution in [1.82, 2.24) is 9.97 Å². The number of hydrogen-bond donors (Lipinski definition) is 1. The van der Waals surface area contributed by atoms with Gasteiger partial charge in [0.15, 0.2) is 0 Å². The predicted molar refractivity (Wildman–Crippen MR) is 84.6 cm³/mol. The summed E-state index contributed by atoms with van der Waals surface area (Å²) >= 11 is 0. The minimum atomic E-state index is -4.74. The molecule has 1 aliphatic carbocycles.